The second-order valence-electron chi connectivity index (χ2n) is 10.4. The molecule has 1 aromatic rings. The summed E-state index contributed by atoms with van der Waals surface area (Å²) < 4.78 is 34.3. The summed E-state index contributed by atoms with van der Waals surface area (Å²) in [6.07, 6.45) is 16.5. The lowest BCUT2D eigenvalue weighted by molar-refractivity contribution is -0.120. The lowest BCUT2D eigenvalue weighted by atomic mass is 9.81. The van der Waals surface area contributed by atoms with Gasteiger partial charge in [0.15, 0.2) is 5.78 Å². The molecule has 0 amide bonds. The molecule has 0 radical (unpaired) electrons. The molecule has 0 fully saturated rings. The van der Waals surface area contributed by atoms with Crippen LogP contribution in [-0.2, 0) is 9.59 Å². The zero-order valence-corrected chi connectivity index (χ0v) is 22.2. The van der Waals surface area contributed by atoms with Crippen LogP contribution in [0.2, 0.25) is 0 Å². The van der Waals surface area contributed by atoms with Crippen LogP contribution in [0, 0.1) is 11.8 Å². The highest BCUT2D eigenvalue weighted by molar-refractivity contribution is 6.01. The van der Waals surface area contributed by atoms with Gasteiger partial charge in [0, 0.05) is 48.8 Å². The fourth-order valence-electron chi connectivity index (χ4n) is 5.41. The Kier molecular flexibility index (Phi) is 9.81. The predicted octanol–water partition coefficient (Wildman–Crippen LogP) is 8.83. The summed E-state index contributed by atoms with van der Waals surface area (Å²) in [5.74, 6) is -2.73. The number of furan rings is 1. The van der Waals surface area contributed by atoms with Crippen molar-refractivity contribution in [2.24, 2.45) is 11.8 Å². The maximum Gasteiger partial charge on any atom is 0.270 e. The zero-order chi connectivity index (χ0) is 26.3. The molecule has 5 heteroatoms. The Morgan fingerprint density at radius 2 is 1.83 bits per heavy atom. The van der Waals surface area contributed by atoms with E-state index in [1.807, 2.05) is 13.0 Å². The summed E-state index contributed by atoms with van der Waals surface area (Å²) in [7, 11) is 0. The van der Waals surface area contributed by atoms with Crippen LogP contribution in [0.3, 0.4) is 0 Å². The normalized spacial score (nSPS) is 18.5. The van der Waals surface area contributed by atoms with Crippen LogP contribution < -0.4 is 0 Å². The number of carbonyl (C=O) groups is 2. The molecule has 0 aliphatic heterocycles. The van der Waals surface area contributed by atoms with E-state index in [1.165, 1.54) is 12.3 Å². The van der Waals surface area contributed by atoms with Crippen LogP contribution in [0.5, 0.6) is 0 Å². The number of ketones is 2. The van der Waals surface area contributed by atoms with E-state index in [-0.39, 0.29) is 17.3 Å². The maximum absolute atomic E-state index is 14.6. The van der Waals surface area contributed by atoms with Gasteiger partial charge < -0.3 is 4.42 Å². The van der Waals surface area contributed by atoms with Crippen molar-refractivity contribution in [3.8, 4) is 0 Å². The number of unbranched alkanes of at least 4 members (excludes halogenated alkanes) is 2. The third-order valence-electron chi connectivity index (χ3n) is 7.40. The molecule has 1 aromatic heterocycles. The third kappa shape index (κ3) is 7.02. The van der Waals surface area contributed by atoms with Crippen molar-refractivity contribution < 1.29 is 22.8 Å². The summed E-state index contributed by atoms with van der Waals surface area (Å²) in [5, 5.41) is 0. The third-order valence-corrected chi connectivity index (χ3v) is 7.40. The van der Waals surface area contributed by atoms with Gasteiger partial charge in [-0.15, -0.1) is 0 Å². The van der Waals surface area contributed by atoms with Crippen molar-refractivity contribution in [3.05, 3.63) is 64.7 Å². The number of hydrogen-bond acceptors (Lipinski definition) is 3. The largest absolute Gasteiger partial charge is 0.472 e. The molecule has 0 saturated heterocycles. The summed E-state index contributed by atoms with van der Waals surface area (Å²) in [4.78, 5) is 25.5. The highest BCUT2D eigenvalue weighted by Crippen LogP contribution is 2.47. The van der Waals surface area contributed by atoms with E-state index in [4.69, 9.17) is 4.42 Å². The Morgan fingerprint density at radius 1 is 1.06 bits per heavy atom. The Morgan fingerprint density at radius 3 is 2.47 bits per heavy atom. The summed E-state index contributed by atoms with van der Waals surface area (Å²) in [6.45, 7) is 7.03. The van der Waals surface area contributed by atoms with Gasteiger partial charge in [-0.3, -0.25) is 9.59 Å². The van der Waals surface area contributed by atoms with Crippen molar-refractivity contribution in [1.29, 1.82) is 0 Å². The standard InChI is InChI=1S/C31H40F2O3/c1-5-7-8-12-25(34)16-22(10-6-2)11-9-13-30(35)27-19-28-26(21(27)3)17-24(23-14-15-36-20-23)18-29(28)31(4,32)33/h14-15,17-20,22,26H,5-13,16H2,1-4H3. The Bertz CT molecular complexity index is 1050. The average molecular weight is 499 g/mol. The number of carbonyl (C=O) groups excluding carboxylic acids is 2. The molecule has 2 atom stereocenters. The molecule has 2 unspecified atom stereocenters. The minimum absolute atomic E-state index is 0.00375. The monoisotopic (exact) mass is 498 g/mol. The molecule has 2 aliphatic rings. The molecule has 3 rings (SSSR count). The number of hydrogen-bond donors (Lipinski definition) is 0. The Labute approximate surface area is 214 Å². The van der Waals surface area contributed by atoms with Gasteiger partial charge in [0.1, 0.15) is 5.78 Å². The number of rotatable bonds is 15. The highest BCUT2D eigenvalue weighted by atomic mass is 19.3. The van der Waals surface area contributed by atoms with Gasteiger partial charge in [-0.25, -0.2) is 8.78 Å². The van der Waals surface area contributed by atoms with Crippen LogP contribution in [0.15, 0.2) is 63.5 Å². The quantitative estimate of drug-likeness (QED) is 0.227. The van der Waals surface area contributed by atoms with Crippen molar-refractivity contribution in [2.75, 3.05) is 0 Å². The summed E-state index contributed by atoms with van der Waals surface area (Å²) in [6, 6.07) is 1.75. The predicted molar refractivity (Wildman–Crippen MR) is 141 cm³/mol. The van der Waals surface area contributed by atoms with E-state index in [0.29, 0.717) is 54.1 Å². The van der Waals surface area contributed by atoms with Gasteiger partial charge in [-0.1, -0.05) is 51.2 Å². The fraction of sp³-hybridized carbons (Fsp3) is 0.548. The first-order chi connectivity index (χ1) is 17.2. The van der Waals surface area contributed by atoms with Crippen molar-refractivity contribution >= 4 is 17.1 Å². The lowest BCUT2D eigenvalue weighted by Crippen LogP contribution is -2.21. The SMILES string of the molecule is CCCCCC(=O)CC(CCC)CCCC(=O)C1=C(C)C2C=C(c3ccoc3)C=C(C(C)(F)F)C2=C1. The Hall–Kier alpha value is -2.56. The van der Waals surface area contributed by atoms with Gasteiger partial charge >= 0.3 is 0 Å². The molecule has 3 nitrogen and oxygen atoms in total. The minimum Gasteiger partial charge on any atom is -0.472 e. The van der Waals surface area contributed by atoms with Crippen molar-refractivity contribution in [3.63, 3.8) is 0 Å². The Balaban J connectivity index is 1.68. The van der Waals surface area contributed by atoms with Crippen LogP contribution >= 0.6 is 0 Å². The minimum atomic E-state index is -3.02. The number of fused-ring (bicyclic) bond motifs is 1. The van der Waals surface area contributed by atoms with E-state index >= 15 is 0 Å². The van der Waals surface area contributed by atoms with E-state index in [1.54, 1.807) is 18.4 Å². The fourth-order valence-corrected chi connectivity index (χ4v) is 5.41. The smallest absolute Gasteiger partial charge is 0.270 e. The summed E-state index contributed by atoms with van der Waals surface area (Å²) >= 11 is 0. The molecular weight excluding hydrogens is 458 g/mol. The van der Waals surface area contributed by atoms with Gasteiger partial charge in [-0.05, 0) is 61.5 Å². The topological polar surface area (TPSA) is 47.3 Å². The number of alkyl halides is 2. The number of allylic oxidation sites excluding steroid dienone is 8. The highest BCUT2D eigenvalue weighted by Gasteiger charge is 2.39. The van der Waals surface area contributed by atoms with Crippen LogP contribution in [-0.4, -0.2) is 17.5 Å². The maximum atomic E-state index is 14.6. The number of halogens is 2. The molecular formula is C31H40F2O3. The second kappa shape index (κ2) is 12.6. The molecule has 0 spiro atoms. The van der Waals surface area contributed by atoms with E-state index < -0.39 is 5.92 Å². The van der Waals surface area contributed by atoms with Crippen LogP contribution in [0.4, 0.5) is 8.78 Å². The van der Waals surface area contributed by atoms with E-state index in [0.717, 1.165) is 56.6 Å². The lowest BCUT2D eigenvalue weighted by Gasteiger charge is -2.26. The second-order valence-corrected chi connectivity index (χ2v) is 10.4. The van der Waals surface area contributed by atoms with Crippen molar-refractivity contribution in [1.82, 2.24) is 0 Å². The molecule has 0 bridgehead atoms. The summed E-state index contributed by atoms with van der Waals surface area (Å²) in [5.41, 5.74) is 3.27. The molecule has 0 N–H and O–H groups in total. The van der Waals surface area contributed by atoms with Gasteiger partial charge in [0.05, 0.1) is 12.5 Å². The van der Waals surface area contributed by atoms with Crippen LogP contribution in [0.25, 0.3) is 5.57 Å². The molecule has 196 valence electrons. The van der Waals surface area contributed by atoms with Gasteiger partial charge in [0.25, 0.3) is 5.92 Å². The zero-order valence-electron chi connectivity index (χ0n) is 22.2. The molecule has 2 aliphatic carbocycles. The van der Waals surface area contributed by atoms with Crippen molar-refractivity contribution in [2.45, 2.75) is 97.8 Å². The average Bonchev–Trinajstić information content (AvgIpc) is 3.47. The first kappa shape index (κ1) is 28.0. The first-order valence-corrected chi connectivity index (χ1v) is 13.5. The van der Waals surface area contributed by atoms with Gasteiger partial charge in [0.2, 0.25) is 0 Å². The first-order valence-electron chi connectivity index (χ1n) is 13.5. The number of Topliss-reactive ketones (excluding diaryl/α,β-unsaturated/α-hetero) is 2. The molecule has 0 aromatic carbocycles. The van der Waals surface area contributed by atoms with Crippen LogP contribution in [0.1, 0.15) is 97.5 Å². The van der Waals surface area contributed by atoms with Gasteiger partial charge in [-0.2, -0.15) is 0 Å². The van der Waals surface area contributed by atoms with E-state index in [9.17, 15) is 18.4 Å². The molecule has 36 heavy (non-hydrogen) atoms. The van der Waals surface area contributed by atoms with E-state index in [2.05, 4.69) is 13.8 Å². The molecule has 1 heterocycles. The molecule has 0 saturated carbocycles.